The second-order valence-corrected chi connectivity index (χ2v) is 11.2. The number of carbonyl (C=O) groups is 3. The zero-order valence-electron chi connectivity index (χ0n) is 22.1. The molecule has 2 atom stereocenters. The number of benzene rings is 3. The Morgan fingerprint density at radius 1 is 0.821 bits per heavy atom. The van der Waals surface area contributed by atoms with Crippen LogP contribution in [0.1, 0.15) is 37.5 Å². The molecule has 9 heteroatoms. The van der Waals surface area contributed by atoms with Crippen molar-refractivity contribution in [3.8, 4) is 5.75 Å². The van der Waals surface area contributed by atoms with E-state index in [9.17, 15) is 19.5 Å². The van der Waals surface area contributed by atoms with Crippen molar-refractivity contribution in [3.05, 3.63) is 99.1 Å². The smallest absolute Gasteiger partial charge is 0.408 e. The van der Waals surface area contributed by atoms with E-state index < -0.39 is 35.7 Å². The fourth-order valence-electron chi connectivity index (χ4n) is 3.72. The van der Waals surface area contributed by atoms with Gasteiger partial charge in [0.2, 0.25) is 5.91 Å². The fourth-order valence-corrected chi connectivity index (χ4v) is 4.30. The average Bonchev–Trinajstić information content (AvgIpc) is 2.88. The van der Waals surface area contributed by atoms with Crippen LogP contribution in [-0.2, 0) is 38.5 Å². The van der Waals surface area contributed by atoms with E-state index in [-0.39, 0.29) is 25.2 Å². The SMILES string of the molecule is CC(C)(C)OC(=O)N[C@@H](Cc1ccccc1)C(=O)N[C@@H](Cc1ccc(O)c(I)c1)C(=O)OCc1ccccc1. The number of hydrogen-bond donors (Lipinski definition) is 3. The summed E-state index contributed by atoms with van der Waals surface area (Å²) < 4.78 is 11.5. The normalized spacial score (nSPS) is 12.6. The number of esters is 1. The second kappa shape index (κ2) is 14.0. The summed E-state index contributed by atoms with van der Waals surface area (Å²) in [7, 11) is 0. The molecule has 0 aliphatic rings. The van der Waals surface area contributed by atoms with Crippen LogP contribution < -0.4 is 10.6 Å². The summed E-state index contributed by atoms with van der Waals surface area (Å²) in [6.45, 7) is 5.24. The Kier molecular flexibility index (Phi) is 10.7. The first kappa shape index (κ1) is 29.9. The van der Waals surface area contributed by atoms with Gasteiger partial charge in [-0.15, -0.1) is 0 Å². The van der Waals surface area contributed by atoms with E-state index in [1.807, 2.05) is 83.3 Å². The van der Waals surface area contributed by atoms with Crippen molar-refractivity contribution in [2.75, 3.05) is 0 Å². The number of amides is 2. The lowest BCUT2D eigenvalue weighted by Crippen LogP contribution is -2.54. The molecule has 8 nitrogen and oxygen atoms in total. The van der Waals surface area contributed by atoms with Gasteiger partial charge in [0.25, 0.3) is 0 Å². The molecule has 3 aromatic carbocycles. The number of hydrogen-bond acceptors (Lipinski definition) is 6. The van der Waals surface area contributed by atoms with Gasteiger partial charge in [0, 0.05) is 12.8 Å². The molecule has 0 fully saturated rings. The second-order valence-electron chi connectivity index (χ2n) is 10.0. The van der Waals surface area contributed by atoms with E-state index in [1.54, 1.807) is 32.9 Å². The van der Waals surface area contributed by atoms with Crippen molar-refractivity contribution >= 4 is 40.6 Å². The molecule has 3 N–H and O–H groups in total. The lowest BCUT2D eigenvalue weighted by Gasteiger charge is -2.25. The van der Waals surface area contributed by atoms with E-state index in [1.165, 1.54) is 6.07 Å². The van der Waals surface area contributed by atoms with E-state index in [4.69, 9.17) is 9.47 Å². The van der Waals surface area contributed by atoms with Crippen molar-refractivity contribution in [3.63, 3.8) is 0 Å². The number of halogens is 1. The molecule has 0 aromatic heterocycles. The van der Waals surface area contributed by atoms with Gasteiger partial charge < -0.3 is 25.2 Å². The molecule has 206 valence electrons. The van der Waals surface area contributed by atoms with Gasteiger partial charge in [-0.25, -0.2) is 9.59 Å². The summed E-state index contributed by atoms with van der Waals surface area (Å²) in [5, 5.41) is 15.3. The van der Waals surface area contributed by atoms with Crippen LogP contribution >= 0.6 is 22.6 Å². The van der Waals surface area contributed by atoms with E-state index in [0.717, 1.165) is 16.7 Å². The number of phenols is 1. The van der Waals surface area contributed by atoms with Crippen molar-refractivity contribution in [1.29, 1.82) is 0 Å². The van der Waals surface area contributed by atoms with Crippen LogP contribution in [-0.4, -0.2) is 40.8 Å². The standard InChI is InChI=1S/C30H33IN2O6/c1-30(2,3)39-29(37)33-24(17-20-10-6-4-7-11-20)27(35)32-25(18-22-14-15-26(34)23(31)16-22)28(36)38-19-21-12-8-5-9-13-21/h4-16,24-25,34H,17-19H2,1-3H3,(H,32,35)(H,33,37)/t24-,25-/m0/s1. The third-order valence-electron chi connectivity index (χ3n) is 5.57. The summed E-state index contributed by atoms with van der Waals surface area (Å²) in [5.41, 5.74) is 1.60. The molecule has 0 saturated heterocycles. The predicted octanol–water partition coefficient (Wildman–Crippen LogP) is 4.90. The van der Waals surface area contributed by atoms with Crippen LogP contribution in [0.2, 0.25) is 0 Å². The molecule has 2 amide bonds. The molecule has 0 aliphatic carbocycles. The summed E-state index contributed by atoms with van der Waals surface area (Å²) in [4.78, 5) is 39.3. The van der Waals surface area contributed by atoms with Gasteiger partial charge in [0.1, 0.15) is 30.0 Å². The molecular formula is C30H33IN2O6. The number of rotatable bonds is 10. The molecule has 0 aliphatic heterocycles. The Bertz CT molecular complexity index is 1260. The quantitative estimate of drug-likeness (QED) is 0.214. The van der Waals surface area contributed by atoms with Crippen LogP contribution in [0.3, 0.4) is 0 Å². The number of phenolic OH excluding ortho intramolecular Hbond substituents is 1. The van der Waals surface area contributed by atoms with Crippen LogP contribution in [0.15, 0.2) is 78.9 Å². The Morgan fingerprint density at radius 3 is 2.00 bits per heavy atom. The molecule has 3 aromatic rings. The highest BCUT2D eigenvalue weighted by atomic mass is 127. The zero-order chi connectivity index (χ0) is 28.4. The van der Waals surface area contributed by atoms with Crippen molar-refractivity contribution in [2.24, 2.45) is 0 Å². The van der Waals surface area contributed by atoms with Crippen LogP contribution in [0.5, 0.6) is 5.75 Å². The summed E-state index contributed by atoms with van der Waals surface area (Å²) >= 11 is 2.00. The fraction of sp³-hybridized carbons (Fsp3) is 0.300. The number of ether oxygens (including phenoxy) is 2. The minimum Gasteiger partial charge on any atom is -0.507 e. The van der Waals surface area contributed by atoms with Crippen LogP contribution in [0, 0.1) is 3.57 Å². The summed E-state index contributed by atoms with van der Waals surface area (Å²) in [5.74, 6) is -1.05. The lowest BCUT2D eigenvalue weighted by atomic mass is 10.0. The van der Waals surface area contributed by atoms with Crippen LogP contribution in [0.4, 0.5) is 4.79 Å². The number of nitrogens with one attached hydrogen (secondary N) is 2. The van der Waals surface area contributed by atoms with Gasteiger partial charge in [-0.2, -0.15) is 0 Å². The highest BCUT2D eigenvalue weighted by Crippen LogP contribution is 2.21. The minimum atomic E-state index is -1.04. The molecular weight excluding hydrogens is 611 g/mol. The molecule has 39 heavy (non-hydrogen) atoms. The topological polar surface area (TPSA) is 114 Å². The van der Waals surface area contributed by atoms with E-state index in [0.29, 0.717) is 3.57 Å². The Hall–Kier alpha value is -3.60. The van der Waals surface area contributed by atoms with Gasteiger partial charge in [0.15, 0.2) is 0 Å². The van der Waals surface area contributed by atoms with Crippen molar-refractivity contribution in [2.45, 2.75) is 57.9 Å². The van der Waals surface area contributed by atoms with Gasteiger partial charge in [-0.1, -0.05) is 66.7 Å². The van der Waals surface area contributed by atoms with Gasteiger partial charge >= 0.3 is 12.1 Å². The first-order valence-electron chi connectivity index (χ1n) is 12.5. The summed E-state index contributed by atoms with van der Waals surface area (Å²) in [6, 6.07) is 21.4. The lowest BCUT2D eigenvalue weighted by molar-refractivity contribution is -0.149. The van der Waals surface area contributed by atoms with Gasteiger partial charge in [-0.05, 0) is 72.2 Å². The Balaban J connectivity index is 1.81. The number of carbonyl (C=O) groups excluding carboxylic acids is 3. The Morgan fingerprint density at radius 2 is 1.41 bits per heavy atom. The maximum atomic E-state index is 13.5. The molecule has 0 unspecified atom stereocenters. The largest absolute Gasteiger partial charge is 0.507 e. The van der Waals surface area contributed by atoms with Crippen LogP contribution in [0.25, 0.3) is 0 Å². The minimum absolute atomic E-state index is 0.0444. The molecule has 0 spiro atoms. The van der Waals surface area contributed by atoms with Crippen molar-refractivity contribution < 1.29 is 29.0 Å². The summed E-state index contributed by atoms with van der Waals surface area (Å²) in [6.07, 6.45) is -0.426. The van der Waals surface area contributed by atoms with Crippen molar-refractivity contribution in [1.82, 2.24) is 10.6 Å². The molecule has 0 saturated carbocycles. The third-order valence-corrected chi connectivity index (χ3v) is 6.43. The number of alkyl carbamates (subject to hydrolysis) is 1. The average molecular weight is 645 g/mol. The molecule has 0 bridgehead atoms. The molecule has 0 heterocycles. The monoisotopic (exact) mass is 644 g/mol. The van der Waals surface area contributed by atoms with E-state index in [2.05, 4.69) is 10.6 Å². The molecule has 3 rings (SSSR count). The predicted molar refractivity (Wildman–Crippen MR) is 156 cm³/mol. The first-order valence-corrected chi connectivity index (χ1v) is 13.6. The van der Waals surface area contributed by atoms with Gasteiger partial charge in [-0.3, -0.25) is 4.79 Å². The van der Waals surface area contributed by atoms with Gasteiger partial charge in [0.05, 0.1) is 3.57 Å². The third kappa shape index (κ3) is 10.2. The molecule has 0 radical (unpaired) electrons. The number of aromatic hydroxyl groups is 1. The zero-order valence-corrected chi connectivity index (χ0v) is 24.3. The van der Waals surface area contributed by atoms with E-state index >= 15 is 0 Å². The first-order chi connectivity index (χ1) is 18.5. The maximum Gasteiger partial charge on any atom is 0.408 e. The highest BCUT2D eigenvalue weighted by molar-refractivity contribution is 14.1. The Labute approximate surface area is 242 Å². The maximum absolute atomic E-state index is 13.5. The highest BCUT2D eigenvalue weighted by Gasteiger charge is 2.30.